The summed E-state index contributed by atoms with van der Waals surface area (Å²) in [6, 6.07) is 3.79. The Kier molecular flexibility index (Phi) is 5.19. The fraction of sp³-hybridized carbons (Fsp3) is 0.455. The maximum Gasteiger partial charge on any atom is 0.419 e. The van der Waals surface area contributed by atoms with Gasteiger partial charge in [0.1, 0.15) is 5.75 Å². The third-order valence-corrected chi connectivity index (χ3v) is 1.66. The second kappa shape index (κ2) is 5.63. The van der Waals surface area contributed by atoms with Crippen molar-refractivity contribution in [3.8, 4) is 5.75 Å². The first-order chi connectivity index (χ1) is 6.95. The van der Waals surface area contributed by atoms with E-state index in [1.165, 1.54) is 19.2 Å². The Morgan fingerprint density at radius 1 is 1.13 bits per heavy atom. The second-order valence-electron chi connectivity index (χ2n) is 2.70. The van der Waals surface area contributed by atoms with Crippen molar-refractivity contribution >= 4 is 0 Å². The summed E-state index contributed by atoms with van der Waals surface area (Å²) in [5.41, 5.74) is 0.00505. The second-order valence-corrected chi connectivity index (χ2v) is 2.70. The number of ether oxygens (including phenoxy) is 1. The molecule has 86 valence electrons. The SMILES string of the molecule is CC.COc1cc(C)ccc1C(F)(F)F. The monoisotopic (exact) mass is 220 g/mol. The minimum absolute atomic E-state index is 0.132. The highest BCUT2D eigenvalue weighted by atomic mass is 19.4. The number of alkyl halides is 3. The first-order valence-electron chi connectivity index (χ1n) is 4.67. The molecule has 0 aliphatic heterocycles. The van der Waals surface area contributed by atoms with Gasteiger partial charge in [-0.2, -0.15) is 13.2 Å². The van der Waals surface area contributed by atoms with E-state index in [0.717, 1.165) is 11.6 Å². The van der Waals surface area contributed by atoms with Crippen LogP contribution in [0.25, 0.3) is 0 Å². The molecule has 0 aliphatic carbocycles. The zero-order chi connectivity index (χ0) is 12.1. The van der Waals surface area contributed by atoms with E-state index in [9.17, 15) is 13.2 Å². The van der Waals surface area contributed by atoms with Gasteiger partial charge in [0.15, 0.2) is 0 Å². The lowest BCUT2D eigenvalue weighted by Crippen LogP contribution is -2.07. The minimum atomic E-state index is -4.35. The molecular weight excluding hydrogens is 205 g/mol. The first kappa shape index (κ1) is 13.8. The van der Waals surface area contributed by atoms with Crippen molar-refractivity contribution in [3.63, 3.8) is 0 Å². The smallest absolute Gasteiger partial charge is 0.419 e. The van der Waals surface area contributed by atoms with Crippen molar-refractivity contribution in [3.05, 3.63) is 29.3 Å². The molecule has 0 fully saturated rings. The van der Waals surface area contributed by atoms with Crippen LogP contribution < -0.4 is 4.74 Å². The summed E-state index contributed by atoms with van der Waals surface area (Å²) in [5, 5.41) is 0. The van der Waals surface area contributed by atoms with Crippen LogP contribution in [0.1, 0.15) is 25.0 Å². The summed E-state index contributed by atoms with van der Waals surface area (Å²) in [7, 11) is 1.23. The van der Waals surface area contributed by atoms with Crippen molar-refractivity contribution in [2.75, 3.05) is 7.11 Å². The van der Waals surface area contributed by atoms with Crippen LogP contribution in [-0.4, -0.2) is 7.11 Å². The quantitative estimate of drug-likeness (QED) is 0.693. The average molecular weight is 220 g/mol. The van der Waals surface area contributed by atoms with E-state index in [1.54, 1.807) is 6.92 Å². The first-order valence-corrected chi connectivity index (χ1v) is 4.67. The standard InChI is InChI=1S/C9H9F3O.C2H6/c1-6-3-4-7(9(10,11)12)8(5-6)13-2;1-2/h3-5H,1-2H3;1-2H3. The van der Waals surface area contributed by atoms with Gasteiger partial charge in [0.25, 0.3) is 0 Å². The van der Waals surface area contributed by atoms with Gasteiger partial charge >= 0.3 is 6.18 Å². The summed E-state index contributed by atoms with van der Waals surface area (Å²) >= 11 is 0. The van der Waals surface area contributed by atoms with Crippen molar-refractivity contribution < 1.29 is 17.9 Å². The van der Waals surface area contributed by atoms with E-state index in [2.05, 4.69) is 4.74 Å². The van der Waals surface area contributed by atoms with Gasteiger partial charge in [-0.3, -0.25) is 0 Å². The number of aryl methyl sites for hydroxylation is 1. The molecular formula is C11H15F3O. The highest BCUT2D eigenvalue weighted by Gasteiger charge is 2.33. The molecule has 0 unspecified atom stereocenters. The third kappa shape index (κ3) is 3.81. The van der Waals surface area contributed by atoms with Gasteiger partial charge in [-0.15, -0.1) is 0 Å². The Morgan fingerprint density at radius 3 is 2.07 bits per heavy atom. The van der Waals surface area contributed by atoms with Gasteiger partial charge in [0.2, 0.25) is 0 Å². The molecule has 0 heterocycles. The van der Waals surface area contributed by atoms with Crippen LogP contribution in [0.15, 0.2) is 18.2 Å². The molecule has 0 N–H and O–H groups in total. The zero-order valence-electron chi connectivity index (χ0n) is 9.27. The lowest BCUT2D eigenvalue weighted by molar-refractivity contribution is -0.138. The minimum Gasteiger partial charge on any atom is -0.496 e. The molecule has 15 heavy (non-hydrogen) atoms. The lowest BCUT2D eigenvalue weighted by atomic mass is 10.1. The predicted octanol–water partition coefficient (Wildman–Crippen LogP) is 4.05. The predicted molar refractivity (Wildman–Crippen MR) is 54.1 cm³/mol. The average Bonchev–Trinajstić information content (AvgIpc) is 2.18. The summed E-state index contributed by atoms with van der Waals surface area (Å²) in [5.74, 6) is -0.132. The molecule has 0 aliphatic rings. The van der Waals surface area contributed by atoms with Crippen LogP contribution in [-0.2, 0) is 6.18 Å². The topological polar surface area (TPSA) is 9.23 Å². The van der Waals surface area contributed by atoms with Crippen LogP contribution in [0.2, 0.25) is 0 Å². The van der Waals surface area contributed by atoms with Crippen molar-refractivity contribution in [2.24, 2.45) is 0 Å². The maximum atomic E-state index is 12.3. The number of hydrogen-bond acceptors (Lipinski definition) is 1. The summed E-state index contributed by atoms with van der Waals surface area (Å²) in [6.07, 6.45) is -4.35. The molecule has 0 radical (unpaired) electrons. The maximum absolute atomic E-state index is 12.3. The van der Waals surface area contributed by atoms with E-state index in [0.29, 0.717) is 0 Å². The zero-order valence-corrected chi connectivity index (χ0v) is 9.27. The van der Waals surface area contributed by atoms with E-state index in [4.69, 9.17) is 0 Å². The Hall–Kier alpha value is -1.19. The number of rotatable bonds is 1. The molecule has 1 aromatic carbocycles. The van der Waals surface area contributed by atoms with Crippen LogP contribution in [0.4, 0.5) is 13.2 Å². The Bertz CT molecular complexity index is 305. The number of hydrogen-bond donors (Lipinski definition) is 0. The molecule has 1 aromatic rings. The summed E-state index contributed by atoms with van der Waals surface area (Å²) < 4.78 is 41.5. The Morgan fingerprint density at radius 2 is 1.67 bits per heavy atom. The summed E-state index contributed by atoms with van der Waals surface area (Å²) in [6.45, 7) is 5.71. The fourth-order valence-corrected chi connectivity index (χ4v) is 1.03. The fourth-order valence-electron chi connectivity index (χ4n) is 1.03. The van der Waals surface area contributed by atoms with E-state index < -0.39 is 11.7 Å². The third-order valence-electron chi connectivity index (χ3n) is 1.66. The van der Waals surface area contributed by atoms with E-state index in [1.807, 2.05) is 13.8 Å². The molecule has 0 amide bonds. The van der Waals surface area contributed by atoms with Gasteiger partial charge in [-0.1, -0.05) is 19.9 Å². The van der Waals surface area contributed by atoms with Crippen LogP contribution in [0.5, 0.6) is 5.75 Å². The van der Waals surface area contributed by atoms with E-state index in [-0.39, 0.29) is 5.75 Å². The molecule has 0 spiro atoms. The number of benzene rings is 1. The molecule has 0 bridgehead atoms. The van der Waals surface area contributed by atoms with Crippen molar-refractivity contribution in [1.82, 2.24) is 0 Å². The largest absolute Gasteiger partial charge is 0.496 e. The molecule has 0 atom stereocenters. The highest BCUT2D eigenvalue weighted by Crippen LogP contribution is 2.36. The van der Waals surface area contributed by atoms with Gasteiger partial charge < -0.3 is 4.74 Å². The van der Waals surface area contributed by atoms with Crippen LogP contribution >= 0.6 is 0 Å². The van der Waals surface area contributed by atoms with Crippen molar-refractivity contribution in [2.45, 2.75) is 26.9 Å². The van der Waals surface area contributed by atoms with Gasteiger partial charge in [0.05, 0.1) is 12.7 Å². The number of methoxy groups -OCH3 is 1. The molecule has 1 nitrogen and oxygen atoms in total. The normalized spacial score (nSPS) is 10.3. The Balaban J connectivity index is 0.000000921. The summed E-state index contributed by atoms with van der Waals surface area (Å²) in [4.78, 5) is 0. The van der Waals surface area contributed by atoms with Crippen LogP contribution in [0.3, 0.4) is 0 Å². The Labute approximate surface area is 87.9 Å². The van der Waals surface area contributed by atoms with Crippen LogP contribution in [0, 0.1) is 6.92 Å². The molecule has 4 heteroatoms. The van der Waals surface area contributed by atoms with Gasteiger partial charge in [-0.25, -0.2) is 0 Å². The molecule has 0 saturated carbocycles. The van der Waals surface area contributed by atoms with Gasteiger partial charge in [0, 0.05) is 0 Å². The lowest BCUT2D eigenvalue weighted by Gasteiger charge is -2.11. The molecule has 0 aromatic heterocycles. The van der Waals surface area contributed by atoms with E-state index >= 15 is 0 Å². The highest BCUT2D eigenvalue weighted by molar-refractivity contribution is 5.38. The van der Waals surface area contributed by atoms with Crippen molar-refractivity contribution in [1.29, 1.82) is 0 Å². The molecule has 0 saturated heterocycles. The van der Waals surface area contributed by atoms with Gasteiger partial charge in [-0.05, 0) is 24.6 Å². The number of halogens is 3. The molecule has 1 rings (SSSR count).